The van der Waals surface area contributed by atoms with E-state index in [1.165, 1.54) is 136 Å². The van der Waals surface area contributed by atoms with Crippen LogP contribution in [0, 0.1) is 85.7 Å². The summed E-state index contributed by atoms with van der Waals surface area (Å²) in [5.74, 6) is -1.46. The van der Waals surface area contributed by atoms with Crippen LogP contribution in [0.25, 0.3) is 0 Å². The maximum Gasteiger partial charge on any atom is 0.217 e. The molecule has 0 N–H and O–H groups in total. The zero-order chi connectivity index (χ0) is 113. The molecule has 0 saturated carbocycles. The molecular formula is C119H137Br15Cl2F4N9P. The second kappa shape index (κ2) is 82.1. The van der Waals surface area contributed by atoms with E-state index in [9.17, 15) is 17.6 Å². The Morgan fingerprint density at radius 2 is 0.547 bits per heavy atom. The van der Waals surface area contributed by atoms with Gasteiger partial charge in [0.05, 0.1) is 11.9 Å². The lowest BCUT2D eigenvalue weighted by molar-refractivity contribution is 0.557. The van der Waals surface area contributed by atoms with E-state index in [-0.39, 0.29) is 17.3 Å². The van der Waals surface area contributed by atoms with E-state index in [1.54, 1.807) is 25.4 Å². The van der Waals surface area contributed by atoms with E-state index in [0.29, 0.717) is 37.4 Å². The van der Waals surface area contributed by atoms with E-state index in [0.717, 1.165) is 147 Å². The molecule has 0 spiro atoms. The Bertz CT molecular complexity index is 5460. The van der Waals surface area contributed by atoms with Crippen molar-refractivity contribution in [1.29, 1.82) is 0 Å². The van der Waals surface area contributed by atoms with E-state index in [4.69, 9.17) is 23.2 Å². The van der Waals surface area contributed by atoms with Gasteiger partial charge in [0, 0.05) is 89.1 Å². The van der Waals surface area contributed by atoms with Crippen LogP contribution in [0.15, 0.2) is 287 Å². The van der Waals surface area contributed by atoms with Gasteiger partial charge in [0.15, 0.2) is 4.73 Å². The van der Waals surface area contributed by atoms with Crippen LogP contribution < -0.4 is 0 Å². The molecule has 0 aliphatic rings. The van der Waals surface area contributed by atoms with E-state index >= 15 is 0 Å². The first-order valence-electron chi connectivity index (χ1n) is 48.9. The molecular weight excluding hydrogens is 2930 g/mol. The lowest BCUT2D eigenvalue weighted by atomic mass is 10.1. The Labute approximate surface area is 1030 Å². The zero-order valence-corrected chi connectivity index (χ0v) is 116. The summed E-state index contributed by atoms with van der Waals surface area (Å²) in [6.45, 7) is 47.8. The summed E-state index contributed by atoms with van der Waals surface area (Å²) < 4.78 is 65.1. The molecule has 1 atom stereocenters. The molecule has 9 nitrogen and oxygen atoms in total. The Morgan fingerprint density at radius 3 is 0.867 bits per heavy atom. The summed E-state index contributed by atoms with van der Waals surface area (Å²) in [5, 5.41) is 1.47. The average Bonchev–Trinajstić information content (AvgIpc) is 0.856. The van der Waals surface area contributed by atoms with E-state index in [2.05, 4.69) is 521 Å². The summed E-state index contributed by atoms with van der Waals surface area (Å²) in [6.07, 6.45) is 27.2. The second-order valence-corrected chi connectivity index (χ2v) is 47.0. The van der Waals surface area contributed by atoms with Gasteiger partial charge in [-0.25, -0.2) is 53.0 Å². The third-order valence-electron chi connectivity index (χ3n) is 22.2. The minimum atomic E-state index is -0.487. The fourth-order valence-corrected chi connectivity index (χ4v) is 20.6. The molecule has 0 saturated heterocycles. The van der Waals surface area contributed by atoms with E-state index in [1.807, 2.05) is 107 Å². The molecule has 0 bridgehead atoms. The van der Waals surface area contributed by atoms with Crippen LogP contribution in [-0.2, 0) is 96.1 Å². The number of halogens is 21. The lowest BCUT2D eigenvalue weighted by Crippen LogP contribution is -1.96. The summed E-state index contributed by atoms with van der Waals surface area (Å²) in [7, 11) is 2.65. The predicted molar refractivity (Wildman–Crippen MR) is 689 cm³/mol. The number of benzene rings is 8. The molecule has 0 amide bonds. The summed E-state index contributed by atoms with van der Waals surface area (Å²) in [5.41, 5.74) is 28.7. The second-order valence-electron chi connectivity index (χ2n) is 32.9. The number of aryl methyl sites for hydroxylation is 19. The average molecular weight is 3070 g/mol. The van der Waals surface area contributed by atoms with Crippen molar-refractivity contribution in [3.05, 3.63) is 455 Å². The molecule has 15 aromatic rings. The summed E-state index contributed by atoms with van der Waals surface area (Å²) in [4.78, 5) is 36.1. The van der Waals surface area contributed by atoms with Gasteiger partial charge < -0.3 is 0 Å². The number of nitrogens with zero attached hydrogens (tertiary/aromatic N) is 9. The maximum atomic E-state index is 13.0. The zero-order valence-electron chi connectivity index (χ0n) is 89.4. The van der Waals surface area contributed by atoms with Crippen LogP contribution in [-0.4, -0.2) is 44.9 Å². The Balaban J connectivity index is 0.000000804. The van der Waals surface area contributed by atoms with Crippen molar-refractivity contribution in [2.45, 2.75) is 255 Å². The van der Waals surface area contributed by atoms with Crippen molar-refractivity contribution in [1.82, 2.24) is 44.9 Å². The molecule has 1 unspecified atom stereocenters. The lowest BCUT2D eigenvalue weighted by Gasteiger charge is -2.05. The fraction of sp³-hybridized carbons (Fsp3) is 0.319. The molecule has 810 valence electrons. The van der Waals surface area contributed by atoms with Gasteiger partial charge >= 0.3 is 0 Å². The smallest absolute Gasteiger partial charge is 0.217 e. The molecule has 0 fully saturated rings. The van der Waals surface area contributed by atoms with Crippen LogP contribution in [0.4, 0.5) is 17.6 Å². The SMILES string of the molecule is CCc1c(C)cc(Br)cc1Cl.CCc1c(C)cc(Br)nc1Cl.CCc1c(C)cc(Br)nc1F.CCc1c(F)cc(Br)cc1F.CCc1ccc(Br)cc1.CCc1ccc(Br)cc1C.CCc1ccc(Br)cc1C.CCc1ccc(Br)cc1C.CCc1ccc(Br)cc1C.CCc1ccc(Br)cc1F.CCc1cnc(Br)cc1C.CCc1cnc(Br)cc1C.CCc1cnc(Br)cn1.CCc1cnc(Br)nc1.PCc1ccc(Br)nc1. The maximum absolute atomic E-state index is 13.0. The largest absolute Gasteiger partial charge is 0.257 e. The topological polar surface area (TPSA) is 116 Å². The predicted octanol–water partition coefficient (Wildman–Crippen LogP) is 44.2. The quantitative estimate of drug-likeness (QED) is 0.0428. The number of rotatable bonds is 15. The molecule has 0 aliphatic heterocycles. The number of hydrogen-bond acceptors (Lipinski definition) is 9. The van der Waals surface area contributed by atoms with Gasteiger partial charge in [0.25, 0.3) is 0 Å². The van der Waals surface area contributed by atoms with Crippen molar-refractivity contribution in [2.75, 3.05) is 0 Å². The first kappa shape index (κ1) is 144. The molecule has 0 radical (unpaired) electrons. The molecule has 7 heterocycles. The van der Waals surface area contributed by atoms with Crippen LogP contribution in [0.2, 0.25) is 10.2 Å². The van der Waals surface area contributed by atoms with E-state index < -0.39 is 11.6 Å². The van der Waals surface area contributed by atoms with Crippen molar-refractivity contribution in [3.8, 4) is 0 Å². The molecule has 7 aromatic heterocycles. The first-order valence-corrected chi connectivity index (χ1v) is 62.4. The van der Waals surface area contributed by atoms with Gasteiger partial charge in [-0.05, 0) is 514 Å². The van der Waals surface area contributed by atoms with Gasteiger partial charge in [0.1, 0.15) is 50.2 Å². The van der Waals surface area contributed by atoms with Crippen LogP contribution in [0.3, 0.4) is 0 Å². The van der Waals surface area contributed by atoms with Gasteiger partial charge in [-0.15, -0.1) is 9.24 Å². The third-order valence-corrected chi connectivity index (χ3v) is 30.2. The number of hydrogen-bond donors (Lipinski definition) is 0. The van der Waals surface area contributed by atoms with Crippen LogP contribution >= 0.6 is 271 Å². The highest BCUT2D eigenvalue weighted by Crippen LogP contribution is 2.29. The molecule has 15 rings (SSSR count). The number of pyridine rings is 5. The summed E-state index contributed by atoms with van der Waals surface area (Å²) in [6, 6.07) is 57.6. The standard InChI is InChI=1S/C9H10BrCl.4C9H11Br.C8H9BrClN.C8H7BrF2.C8H9BrFN.C8H8BrF.2C8H10BrN.C8H9Br.2C6H7BrN2.C6H7BrNP/c1-3-8-6(2)4-7(10)5-9(8)11;4*1-3-8-4-5-9(10)6-7(8)2;1-3-6-5(2)4-7(9)11-8(6)10;1-2-6-7(10)3-5(9)4-8(6)11;1-3-6-5(2)4-7(9)11-8(6)10;1-2-6-3-4-7(9)5-8(6)10;2*1-3-7-5-10-8(9)4-6(7)2;1-2-7-3-5-8(9)6-4-7;1-2-5-3-9-6(7)4-8-5;1-2-5-3-8-6(7)9-4-5;7-6-2-1-5(4-9)3-8-6/h4-5H,3H2,1-2H3;4*4-6H,3H2,1-2H3;4H,3H2,1-2H3;3-4H,2H2,1H3;4H,3H2,1-2H3;3-5H,2H2,1H3;2*4-5H,3H2,1-2H3;3-6H,2H2,1H3;2*3-4H,2H2,1H3;1-3H,4,9H2. The highest BCUT2D eigenvalue weighted by molar-refractivity contribution is 9.12. The van der Waals surface area contributed by atoms with Crippen LogP contribution in [0.1, 0.15) is 231 Å². The van der Waals surface area contributed by atoms with Crippen molar-refractivity contribution < 1.29 is 17.6 Å². The van der Waals surface area contributed by atoms with Gasteiger partial charge in [-0.2, -0.15) is 4.39 Å². The van der Waals surface area contributed by atoms with Gasteiger partial charge in [0.2, 0.25) is 5.95 Å². The Morgan fingerprint density at radius 1 is 0.227 bits per heavy atom. The minimum Gasteiger partial charge on any atom is -0.257 e. The molecule has 31 heteroatoms. The normalized spacial score (nSPS) is 9.90. The third kappa shape index (κ3) is 60.0. The molecule has 150 heavy (non-hydrogen) atoms. The highest BCUT2D eigenvalue weighted by atomic mass is 79.9. The monoisotopic (exact) mass is 3050 g/mol. The van der Waals surface area contributed by atoms with Crippen molar-refractivity contribution in [3.63, 3.8) is 0 Å². The highest BCUT2D eigenvalue weighted by Gasteiger charge is 2.11. The molecule has 0 aliphatic carbocycles. The van der Waals surface area contributed by atoms with Crippen molar-refractivity contribution in [2.24, 2.45) is 0 Å². The number of aromatic nitrogens is 9. The Hall–Kier alpha value is -4.40. The molecule has 8 aromatic carbocycles. The fourth-order valence-electron chi connectivity index (χ4n) is 13.3. The van der Waals surface area contributed by atoms with Crippen molar-refractivity contribution >= 4 is 271 Å². The summed E-state index contributed by atoms with van der Waals surface area (Å²) >= 11 is 61.2. The first-order chi connectivity index (χ1) is 71.0. The Kier molecular flexibility index (Phi) is 78.6. The van der Waals surface area contributed by atoms with Gasteiger partial charge in [-0.3, -0.25) is 4.98 Å². The minimum absolute atomic E-state index is 0.128. The van der Waals surface area contributed by atoms with Gasteiger partial charge in [-0.1, -0.05) is 296 Å². The van der Waals surface area contributed by atoms with Crippen LogP contribution in [0.5, 0.6) is 0 Å².